The fourth-order valence-corrected chi connectivity index (χ4v) is 4.35. The van der Waals surface area contributed by atoms with Crippen LogP contribution < -0.4 is 0 Å². The van der Waals surface area contributed by atoms with Gasteiger partial charge in [-0.05, 0) is 51.2 Å². The molecule has 0 saturated carbocycles. The summed E-state index contributed by atoms with van der Waals surface area (Å²) in [5.41, 5.74) is 0.957. The molecule has 34 heavy (non-hydrogen) atoms. The number of esters is 2. The average Bonchev–Trinajstić information content (AvgIpc) is 2.87. The fraction of sp³-hybridized carbons (Fsp3) is 0.538. The van der Waals surface area contributed by atoms with Gasteiger partial charge in [-0.3, -0.25) is 19.2 Å². The second kappa shape index (κ2) is 12.3. The Hall–Kier alpha value is -3.16. The molecule has 8 heteroatoms. The maximum atomic E-state index is 12.7. The van der Waals surface area contributed by atoms with Gasteiger partial charge in [-0.2, -0.15) is 0 Å². The number of likely N-dealkylation sites (tertiary alicyclic amines) is 2. The predicted octanol–water partition coefficient (Wildman–Crippen LogP) is 2.67. The van der Waals surface area contributed by atoms with Crippen molar-refractivity contribution in [2.75, 3.05) is 32.8 Å². The topological polar surface area (TPSA) is 93.2 Å². The minimum Gasteiger partial charge on any atom is -0.466 e. The summed E-state index contributed by atoms with van der Waals surface area (Å²) in [5, 5.41) is 0. The van der Waals surface area contributed by atoms with Crippen LogP contribution in [0.2, 0.25) is 0 Å². The van der Waals surface area contributed by atoms with Crippen molar-refractivity contribution >= 4 is 29.8 Å². The summed E-state index contributed by atoms with van der Waals surface area (Å²) >= 11 is 0. The Morgan fingerprint density at radius 1 is 0.912 bits per heavy atom. The number of hydrogen-bond donors (Lipinski definition) is 0. The molecule has 184 valence electrons. The molecule has 2 fully saturated rings. The zero-order valence-corrected chi connectivity index (χ0v) is 20.0. The number of benzene rings is 1. The third kappa shape index (κ3) is 6.92. The first-order chi connectivity index (χ1) is 16.4. The zero-order chi connectivity index (χ0) is 24.5. The maximum Gasteiger partial charge on any atom is 0.309 e. The van der Waals surface area contributed by atoms with Crippen LogP contribution in [0.5, 0.6) is 0 Å². The Morgan fingerprint density at radius 2 is 1.47 bits per heavy atom. The Morgan fingerprint density at radius 3 is 2.06 bits per heavy atom. The van der Waals surface area contributed by atoms with Crippen LogP contribution in [0, 0.1) is 11.8 Å². The van der Waals surface area contributed by atoms with Crippen molar-refractivity contribution in [3.05, 3.63) is 42.0 Å². The van der Waals surface area contributed by atoms with Crippen LogP contribution in [0.3, 0.4) is 0 Å². The largest absolute Gasteiger partial charge is 0.466 e. The van der Waals surface area contributed by atoms with E-state index in [1.807, 2.05) is 30.3 Å². The molecule has 0 bridgehead atoms. The number of carbonyl (C=O) groups excluding carboxylic acids is 4. The first kappa shape index (κ1) is 25.5. The molecule has 2 amide bonds. The molecule has 2 saturated heterocycles. The number of ether oxygens (including phenoxy) is 2. The van der Waals surface area contributed by atoms with E-state index in [0.717, 1.165) is 5.56 Å². The molecule has 1 aromatic rings. The molecule has 1 aromatic carbocycles. The number of rotatable bonds is 7. The Kier molecular flexibility index (Phi) is 9.24. The standard InChI is InChI=1S/C26H34N2O6/c1-3-33-25(31)21-13-17-28(18-14-21)24(30)19(2)34-26(32)22-11-15-27(16-12-22)23(29)10-9-20-7-5-4-6-8-20/h4-10,19,21-22H,3,11-18H2,1-2H3/b10-9+. The predicted molar refractivity (Wildman–Crippen MR) is 126 cm³/mol. The summed E-state index contributed by atoms with van der Waals surface area (Å²) in [6.07, 6.45) is 4.59. The minimum absolute atomic E-state index is 0.0783. The molecule has 0 aliphatic carbocycles. The quantitative estimate of drug-likeness (QED) is 0.449. The number of amides is 2. The van der Waals surface area contributed by atoms with Crippen molar-refractivity contribution in [3.63, 3.8) is 0 Å². The molecular formula is C26H34N2O6. The lowest BCUT2D eigenvalue weighted by atomic mass is 9.96. The van der Waals surface area contributed by atoms with Crippen molar-refractivity contribution in [2.45, 2.75) is 45.6 Å². The van der Waals surface area contributed by atoms with Crippen molar-refractivity contribution in [1.29, 1.82) is 0 Å². The van der Waals surface area contributed by atoms with E-state index >= 15 is 0 Å². The summed E-state index contributed by atoms with van der Waals surface area (Å²) in [6, 6.07) is 9.61. The molecule has 0 N–H and O–H groups in total. The number of hydrogen-bond acceptors (Lipinski definition) is 6. The molecule has 0 aromatic heterocycles. The van der Waals surface area contributed by atoms with Gasteiger partial charge in [0.15, 0.2) is 6.10 Å². The summed E-state index contributed by atoms with van der Waals surface area (Å²) in [4.78, 5) is 53.0. The average molecular weight is 471 g/mol. The molecule has 2 aliphatic heterocycles. The van der Waals surface area contributed by atoms with Crippen LogP contribution in [0.4, 0.5) is 0 Å². The molecular weight excluding hydrogens is 436 g/mol. The lowest BCUT2D eigenvalue weighted by Gasteiger charge is -2.33. The van der Waals surface area contributed by atoms with Crippen molar-refractivity contribution in [3.8, 4) is 0 Å². The van der Waals surface area contributed by atoms with Gasteiger partial charge in [0, 0.05) is 32.3 Å². The number of carbonyl (C=O) groups is 4. The lowest BCUT2D eigenvalue weighted by molar-refractivity contribution is -0.165. The lowest BCUT2D eigenvalue weighted by Crippen LogP contribution is -2.46. The fourth-order valence-electron chi connectivity index (χ4n) is 4.35. The SMILES string of the molecule is CCOC(=O)C1CCN(C(=O)C(C)OC(=O)C2CCN(C(=O)/C=C/c3ccccc3)CC2)CC1. The highest BCUT2D eigenvalue weighted by atomic mass is 16.5. The summed E-state index contributed by atoms with van der Waals surface area (Å²) in [7, 11) is 0. The van der Waals surface area contributed by atoms with Crippen LogP contribution >= 0.6 is 0 Å². The van der Waals surface area contributed by atoms with Gasteiger partial charge >= 0.3 is 11.9 Å². The highest BCUT2D eigenvalue weighted by Gasteiger charge is 2.33. The third-order valence-electron chi connectivity index (χ3n) is 6.43. The van der Waals surface area contributed by atoms with Crippen LogP contribution in [-0.2, 0) is 28.7 Å². The van der Waals surface area contributed by atoms with Crippen LogP contribution in [-0.4, -0.2) is 72.4 Å². The van der Waals surface area contributed by atoms with Gasteiger partial charge in [0.25, 0.3) is 5.91 Å². The highest BCUT2D eigenvalue weighted by molar-refractivity contribution is 5.92. The molecule has 0 radical (unpaired) electrons. The van der Waals surface area contributed by atoms with Crippen molar-refractivity contribution in [2.24, 2.45) is 11.8 Å². The van der Waals surface area contributed by atoms with Gasteiger partial charge < -0.3 is 19.3 Å². The third-order valence-corrected chi connectivity index (χ3v) is 6.43. The maximum absolute atomic E-state index is 12.7. The van der Waals surface area contributed by atoms with Gasteiger partial charge in [0.2, 0.25) is 5.91 Å². The summed E-state index contributed by atoms with van der Waals surface area (Å²) in [6.45, 7) is 5.55. The van der Waals surface area contributed by atoms with Crippen LogP contribution in [0.25, 0.3) is 6.08 Å². The summed E-state index contributed by atoms with van der Waals surface area (Å²) in [5.74, 6) is -1.44. The Balaban J connectivity index is 1.40. The van der Waals surface area contributed by atoms with E-state index in [0.29, 0.717) is 58.5 Å². The summed E-state index contributed by atoms with van der Waals surface area (Å²) < 4.78 is 10.5. The molecule has 2 aliphatic rings. The monoisotopic (exact) mass is 470 g/mol. The van der Waals surface area contributed by atoms with Crippen molar-refractivity contribution in [1.82, 2.24) is 9.80 Å². The molecule has 2 heterocycles. The van der Waals surface area contributed by atoms with Gasteiger partial charge in [-0.1, -0.05) is 30.3 Å². The first-order valence-corrected chi connectivity index (χ1v) is 12.1. The normalized spacial score (nSPS) is 18.5. The van der Waals surface area contributed by atoms with E-state index < -0.39 is 12.1 Å². The van der Waals surface area contributed by atoms with Gasteiger partial charge in [0.05, 0.1) is 18.4 Å². The molecule has 1 unspecified atom stereocenters. The smallest absolute Gasteiger partial charge is 0.309 e. The highest BCUT2D eigenvalue weighted by Crippen LogP contribution is 2.22. The van der Waals surface area contributed by atoms with E-state index in [1.54, 1.807) is 35.8 Å². The van der Waals surface area contributed by atoms with E-state index in [9.17, 15) is 19.2 Å². The molecule has 8 nitrogen and oxygen atoms in total. The van der Waals surface area contributed by atoms with Crippen molar-refractivity contribution < 1.29 is 28.7 Å². The van der Waals surface area contributed by atoms with E-state index in [4.69, 9.17) is 9.47 Å². The van der Waals surface area contributed by atoms with Crippen LogP contribution in [0.15, 0.2) is 36.4 Å². The second-order valence-corrected chi connectivity index (χ2v) is 8.77. The number of piperidine rings is 2. The first-order valence-electron chi connectivity index (χ1n) is 12.1. The molecule has 1 atom stereocenters. The van der Waals surface area contributed by atoms with E-state index in [1.165, 1.54) is 0 Å². The van der Waals surface area contributed by atoms with E-state index in [2.05, 4.69) is 0 Å². The van der Waals surface area contributed by atoms with E-state index in [-0.39, 0.29) is 29.6 Å². The molecule has 0 spiro atoms. The number of nitrogens with zero attached hydrogens (tertiary/aromatic N) is 2. The Bertz CT molecular complexity index is 884. The van der Waals surface area contributed by atoms with Gasteiger partial charge in [0.1, 0.15) is 0 Å². The molecule has 3 rings (SSSR count). The van der Waals surface area contributed by atoms with Gasteiger partial charge in [-0.15, -0.1) is 0 Å². The second-order valence-electron chi connectivity index (χ2n) is 8.77. The van der Waals surface area contributed by atoms with Gasteiger partial charge in [-0.25, -0.2) is 0 Å². The Labute approximate surface area is 200 Å². The minimum atomic E-state index is -0.875. The zero-order valence-electron chi connectivity index (χ0n) is 20.0. The van der Waals surface area contributed by atoms with Crippen LogP contribution in [0.1, 0.15) is 45.1 Å².